The van der Waals surface area contributed by atoms with Gasteiger partial charge >= 0.3 is 12.0 Å². The molecule has 2 aliphatic rings. The molecule has 0 saturated carbocycles. The molecule has 0 aliphatic carbocycles. The maximum Gasteiger partial charge on any atom is 0.320 e. The number of hydrogen-bond donors (Lipinski definition) is 1. The predicted octanol–water partition coefficient (Wildman–Crippen LogP) is 5.11. The van der Waals surface area contributed by atoms with Crippen molar-refractivity contribution < 1.29 is 23.9 Å². The van der Waals surface area contributed by atoms with E-state index in [1.165, 1.54) is 18.1 Å². The number of methoxy groups -OCH3 is 1. The number of halogens is 2. The number of hydrogen-bond acceptors (Lipinski definition) is 10. The molecule has 6 rings (SSSR count). The molecular formula is C40H49Cl2N9O5. The maximum atomic E-state index is 14.0. The number of likely N-dealkylation sites (tertiary alicyclic amines) is 1. The second-order valence-corrected chi connectivity index (χ2v) is 15.1. The Hall–Kier alpha value is -4.76. The van der Waals surface area contributed by atoms with Crippen molar-refractivity contribution in [2.24, 2.45) is 0 Å². The molecule has 1 aromatic heterocycles. The summed E-state index contributed by atoms with van der Waals surface area (Å²) in [6.45, 7) is 7.40. The molecule has 16 heteroatoms. The first kappa shape index (κ1) is 40.9. The van der Waals surface area contributed by atoms with Crippen molar-refractivity contribution in [3.8, 4) is 11.4 Å². The van der Waals surface area contributed by atoms with Gasteiger partial charge in [-0.2, -0.15) is 0 Å². The van der Waals surface area contributed by atoms with Gasteiger partial charge in [-0.3, -0.25) is 14.5 Å². The number of esters is 1. The van der Waals surface area contributed by atoms with Crippen LogP contribution < -0.4 is 10.1 Å². The maximum absolute atomic E-state index is 14.0. The number of tetrazole rings is 1. The smallest absolute Gasteiger partial charge is 0.320 e. The molecule has 56 heavy (non-hydrogen) atoms. The van der Waals surface area contributed by atoms with E-state index in [0.717, 1.165) is 50.0 Å². The van der Waals surface area contributed by atoms with Gasteiger partial charge in [0.05, 0.1) is 47.1 Å². The normalized spacial score (nSPS) is 16.6. The molecule has 298 valence electrons. The van der Waals surface area contributed by atoms with Gasteiger partial charge in [0.25, 0.3) is 5.91 Å². The molecule has 3 heterocycles. The predicted molar refractivity (Wildman–Crippen MR) is 213 cm³/mol. The van der Waals surface area contributed by atoms with Crippen LogP contribution in [0.15, 0.2) is 73.1 Å². The number of nitrogens with zero attached hydrogens (tertiary/aromatic N) is 8. The monoisotopic (exact) mass is 805 g/mol. The summed E-state index contributed by atoms with van der Waals surface area (Å²) < 4.78 is 12.2. The standard InChI is InChI=1S/C40H49Cl2N9O5/c1-4-56-37(52)27-49-20-22-50(23-21-49)39(54)44-40(31-8-6-5-7-9-31)15-18-48(19-16-40)17-14-30(29-10-12-34(41)35(42)24-29)26-47(2)38(53)33-25-32(11-13-36(33)55-3)51-28-43-45-46-51/h5-13,24-25,28,30H,4,14-23,26-27H2,1-3H3,(H,44,54)/t30-/m1/s1. The molecular weight excluding hydrogens is 757 g/mol. The first-order valence-electron chi connectivity index (χ1n) is 18.9. The van der Waals surface area contributed by atoms with Gasteiger partial charge in [-0.1, -0.05) is 59.6 Å². The van der Waals surface area contributed by atoms with Crippen LogP contribution in [0.1, 0.15) is 53.6 Å². The van der Waals surface area contributed by atoms with Gasteiger partial charge in [0.1, 0.15) is 12.1 Å². The summed E-state index contributed by atoms with van der Waals surface area (Å²) in [6.07, 6.45) is 3.69. The van der Waals surface area contributed by atoms with Crippen LogP contribution in [0, 0.1) is 0 Å². The summed E-state index contributed by atoms with van der Waals surface area (Å²) in [5, 5.41) is 15.8. The minimum absolute atomic E-state index is 0.0598. The number of carbonyl (C=O) groups excluding carboxylic acids is 3. The molecule has 0 spiro atoms. The summed E-state index contributed by atoms with van der Waals surface area (Å²) in [4.78, 5) is 47.8. The zero-order valence-electron chi connectivity index (χ0n) is 32.1. The quantitative estimate of drug-likeness (QED) is 0.171. The van der Waals surface area contributed by atoms with Crippen molar-refractivity contribution in [2.75, 3.05) is 79.7 Å². The van der Waals surface area contributed by atoms with Gasteiger partial charge in [-0.05, 0) is 84.6 Å². The molecule has 14 nitrogen and oxygen atoms in total. The number of aromatic nitrogens is 4. The fourth-order valence-corrected chi connectivity index (χ4v) is 7.86. The largest absolute Gasteiger partial charge is 0.496 e. The van der Waals surface area contributed by atoms with Gasteiger partial charge < -0.3 is 29.5 Å². The highest BCUT2D eigenvalue weighted by atomic mass is 35.5. The SMILES string of the molecule is CCOC(=O)CN1CCN(C(=O)NC2(c3ccccc3)CCN(CC[C@H](CN(C)C(=O)c3cc(-n4cnnn4)ccc3OC)c3ccc(Cl)c(Cl)c3)CC2)CC1. The summed E-state index contributed by atoms with van der Waals surface area (Å²) in [5.41, 5.74) is 2.57. The Morgan fingerprint density at radius 1 is 0.929 bits per heavy atom. The van der Waals surface area contributed by atoms with E-state index in [0.29, 0.717) is 66.4 Å². The lowest BCUT2D eigenvalue weighted by molar-refractivity contribution is -0.144. The first-order chi connectivity index (χ1) is 27.1. The van der Waals surface area contributed by atoms with Crippen molar-refractivity contribution in [3.63, 3.8) is 0 Å². The van der Waals surface area contributed by atoms with Crippen LogP contribution >= 0.6 is 23.2 Å². The molecule has 4 aromatic rings. The molecule has 2 saturated heterocycles. The van der Waals surface area contributed by atoms with E-state index in [1.807, 2.05) is 40.1 Å². The van der Waals surface area contributed by atoms with Crippen LogP contribution in [0.5, 0.6) is 5.75 Å². The Labute approximate surface area is 337 Å². The topological polar surface area (TPSA) is 138 Å². The number of ether oxygens (including phenoxy) is 2. The lowest BCUT2D eigenvalue weighted by Crippen LogP contribution is -2.59. The van der Waals surface area contributed by atoms with E-state index in [2.05, 4.69) is 37.9 Å². The Bertz CT molecular complexity index is 1940. The number of urea groups is 1. The third-order valence-corrected chi connectivity index (χ3v) is 11.5. The molecule has 2 fully saturated rings. The van der Waals surface area contributed by atoms with Crippen LogP contribution in [0.25, 0.3) is 5.69 Å². The summed E-state index contributed by atoms with van der Waals surface area (Å²) in [7, 11) is 3.32. The van der Waals surface area contributed by atoms with Gasteiger partial charge in [-0.25, -0.2) is 9.48 Å². The second kappa shape index (κ2) is 18.9. The van der Waals surface area contributed by atoms with Crippen LogP contribution in [-0.2, 0) is 15.1 Å². The van der Waals surface area contributed by atoms with Crippen molar-refractivity contribution in [1.29, 1.82) is 0 Å². The minimum Gasteiger partial charge on any atom is -0.496 e. The van der Waals surface area contributed by atoms with Crippen molar-refractivity contribution in [3.05, 3.63) is 99.8 Å². The number of carbonyl (C=O) groups is 3. The number of piperidine rings is 1. The van der Waals surface area contributed by atoms with Crippen molar-refractivity contribution >= 4 is 41.1 Å². The fraction of sp³-hybridized carbons (Fsp3) is 0.450. The van der Waals surface area contributed by atoms with Crippen LogP contribution in [-0.4, -0.2) is 137 Å². The van der Waals surface area contributed by atoms with E-state index in [1.54, 1.807) is 43.1 Å². The number of benzene rings is 3. The second-order valence-electron chi connectivity index (χ2n) is 14.3. The highest BCUT2D eigenvalue weighted by molar-refractivity contribution is 6.42. The first-order valence-corrected chi connectivity index (χ1v) is 19.7. The lowest BCUT2D eigenvalue weighted by Gasteiger charge is -2.44. The van der Waals surface area contributed by atoms with Gasteiger partial charge in [0.15, 0.2) is 0 Å². The number of amides is 3. The molecule has 0 bridgehead atoms. The van der Waals surface area contributed by atoms with Gasteiger partial charge in [0, 0.05) is 58.8 Å². The molecule has 1 N–H and O–H groups in total. The van der Waals surface area contributed by atoms with E-state index in [4.69, 9.17) is 32.7 Å². The van der Waals surface area contributed by atoms with Gasteiger partial charge in [-0.15, -0.1) is 5.10 Å². The number of piperazine rings is 1. The number of nitrogens with one attached hydrogen (secondary N) is 1. The molecule has 2 aliphatic heterocycles. The Morgan fingerprint density at radius 3 is 2.34 bits per heavy atom. The van der Waals surface area contributed by atoms with Crippen LogP contribution in [0.4, 0.5) is 4.79 Å². The molecule has 0 unspecified atom stereocenters. The number of likely N-dealkylation sites (N-methyl/N-ethyl adjacent to an activating group) is 1. The average Bonchev–Trinajstić information content (AvgIpc) is 3.77. The zero-order chi connectivity index (χ0) is 39.7. The van der Waals surface area contributed by atoms with Crippen LogP contribution in [0.3, 0.4) is 0 Å². The summed E-state index contributed by atoms with van der Waals surface area (Å²) in [6, 6.07) is 21.0. The van der Waals surface area contributed by atoms with Crippen molar-refractivity contribution in [1.82, 2.24) is 45.1 Å². The Kier molecular flexibility index (Phi) is 13.8. The minimum atomic E-state index is -0.525. The average molecular weight is 807 g/mol. The molecule has 3 aromatic carbocycles. The third-order valence-electron chi connectivity index (χ3n) is 10.8. The van der Waals surface area contributed by atoms with E-state index < -0.39 is 5.54 Å². The summed E-state index contributed by atoms with van der Waals surface area (Å²) in [5.74, 6) is -0.0594. The highest BCUT2D eigenvalue weighted by Crippen LogP contribution is 2.35. The molecule has 3 amide bonds. The van der Waals surface area contributed by atoms with Crippen molar-refractivity contribution in [2.45, 2.75) is 37.6 Å². The number of rotatable bonds is 14. The lowest BCUT2D eigenvalue weighted by atomic mass is 9.80. The Balaban J connectivity index is 1.12. The molecule has 1 atom stereocenters. The summed E-state index contributed by atoms with van der Waals surface area (Å²) >= 11 is 12.8. The van der Waals surface area contributed by atoms with Crippen LogP contribution in [0.2, 0.25) is 10.0 Å². The van der Waals surface area contributed by atoms with E-state index in [9.17, 15) is 14.4 Å². The highest BCUT2D eigenvalue weighted by Gasteiger charge is 2.39. The third kappa shape index (κ3) is 9.96. The van der Waals surface area contributed by atoms with E-state index in [-0.39, 0.29) is 30.4 Å². The van der Waals surface area contributed by atoms with E-state index >= 15 is 0 Å². The van der Waals surface area contributed by atoms with Gasteiger partial charge in [0.2, 0.25) is 0 Å². The zero-order valence-corrected chi connectivity index (χ0v) is 33.6. The molecule has 0 radical (unpaired) electrons. The Morgan fingerprint density at radius 2 is 1.68 bits per heavy atom. The fourth-order valence-electron chi connectivity index (χ4n) is 7.56.